The fraction of sp³-hybridized carbons (Fsp3) is 0.786. The Kier molecular flexibility index (Phi) is 4.21. The topological polar surface area (TPSA) is 29.9 Å². The van der Waals surface area contributed by atoms with Crippen LogP contribution in [0.3, 0.4) is 0 Å². The van der Waals surface area contributed by atoms with Crippen LogP contribution in [0.2, 0.25) is 0 Å². The standard InChI is InChI=1S/C14H25N3/c1-3-9-17-12-15-10-13(17)11-16-14(2)7-5-4-6-8-14/h10,12,16H,3-9,11H2,1-2H3. The summed E-state index contributed by atoms with van der Waals surface area (Å²) in [7, 11) is 0. The van der Waals surface area contributed by atoms with E-state index in [-0.39, 0.29) is 0 Å². The Balaban J connectivity index is 1.90. The first-order valence-electron chi connectivity index (χ1n) is 6.97. The zero-order valence-corrected chi connectivity index (χ0v) is 11.2. The quantitative estimate of drug-likeness (QED) is 0.850. The lowest BCUT2D eigenvalue weighted by atomic mass is 9.83. The molecular formula is C14H25N3. The van der Waals surface area contributed by atoms with E-state index in [1.807, 2.05) is 12.5 Å². The maximum Gasteiger partial charge on any atom is 0.0948 e. The van der Waals surface area contributed by atoms with Gasteiger partial charge in [-0.25, -0.2) is 4.98 Å². The van der Waals surface area contributed by atoms with Crippen molar-refractivity contribution < 1.29 is 0 Å². The summed E-state index contributed by atoms with van der Waals surface area (Å²) in [6.45, 7) is 6.61. The Morgan fingerprint density at radius 1 is 1.35 bits per heavy atom. The fourth-order valence-corrected chi connectivity index (χ4v) is 2.75. The van der Waals surface area contributed by atoms with Gasteiger partial charge >= 0.3 is 0 Å². The molecule has 2 rings (SSSR count). The van der Waals surface area contributed by atoms with Crippen LogP contribution in [0.15, 0.2) is 12.5 Å². The van der Waals surface area contributed by atoms with E-state index in [1.54, 1.807) is 0 Å². The van der Waals surface area contributed by atoms with Crippen molar-refractivity contribution in [1.29, 1.82) is 0 Å². The van der Waals surface area contributed by atoms with Gasteiger partial charge in [0.2, 0.25) is 0 Å². The lowest BCUT2D eigenvalue weighted by molar-refractivity contribution is 0.250. The lowest BCUT2D eigenvalue weighted by Crippen LogP contribution is -2.43. The molecule has 0 aliphatic heterocycles. The Labute approximate surface area is 105 Å². The fourth-order valence-electron chi connectivity index (χ4n) is 2.75. The smallest absolute Gasteiger partial charge is 0.0948 e. The maximum atomic E-state index is 4.25. The van der Waals surface area contributed by atoms with Crippen LogP contribution in [-0.4, -0.2) is 15.1 Å². The largest absolute Gasteiger partial charge is 0.333 e. The van der Waals surface area contributed by atoms with Gasteiger partial charge in [0.15, 0.2) is 0 Å². The highest BCUT2D eigenvalue weighted by atomic mass is 15.1. The van der Waals surface area contributed by atoms with Crippen LogP contribution in [0.1, 0.15) is 58.1 Å². The first kappa shape index (κ1) is 12.6. The van der Waals surface area contributed by atoms with Gasteiger partial charge in [-0.15, -0.1) is 0 Å². The van der Waals surface area contributed by atoms with Gasteiger partial charge in [-0.1, -0.05) is 26.2 Å². The van der Waals surface area contributed by atoms with Crippen LogP contribution in [-0.2, 0) is 13.1 Å². The first-order valence-corrected chi connectivity index (χ1v) is 6.97. The maximum absolute atomic E-state index is 4.25. The lowest BCUT2D eigenvalue weighted by Gasteiger charge is -2.34. The van der Waals surface area contributed by atoms with E-state index in [0.717, 1.165) is 13.1 Å². The average Bonchev–Trinajstić information content (AvgIpc) is 2.76. The number of hydrogen-bond donors (Lipinski definition) is 1. The molecule has 1 aliphatic carbocycles. The van der Waals surface area contributed by atoms with Gasteiger partial charge in [-0.3, -0.25) is 0 Å². The summed E-state index contributed by atoms with van der Waals surface area (Å²) in [5.41, 5.74) is 1.66. The molecule has 3 nitrogen and oxygen atoms in total. The second-order valence-corrected chi connectivity index (χ2v) is 5.55. The summed E-state index contributed by atoms with van der Waals surface area (Å²) >= 11 is 0. The minimum absolute atomic E-state index is 0.347. The molecule has 1 aromatic heterocycles. The Morgan fingerprint density at radius 3 is 2.82 bits per heavy atom. The Hall–Kier alpha value is -0.830. The molecule has 3 heteroatoms. The van der Waals surface area contributed by atoms with Gasteiger partial charge < -0.3 is 9.88 Å². The van der Waals surface area contributed by atoms with Gasteiger partial charge in [0.25, 0.3) is 0 Å². The molecule has 1 saturated carbocycles. The third-order valence-electron chi connectivity index (χ3n) is 3.92. The molecule has 0 bridgehead atoms. The van der Waals surface area contributed by atoms with Gasteiger partial charge in [0.05, 0.1) is 12.0 Å². The van der Waals surface area contributed by atoms with Crippen molar-refractivity contribution in [2.75, 3.05) is 0 Å². The number of hydrogen-bond acceptors (Lipinski definition) is 2. The molecule has 0 atom stereocenters. The van der Waals surface area contributed by atoms with Crippen molar-refractivity contribution in [3.8, 4) is 0 Å². The second-order valence-electron chi connectivity index (χ2n) is 5.55. The normalized spacial score (nSPS) is 19.4. The predicted molar refractivity (Wildman–Crippen MR) is 70.8 cm³/mol. The molecule has 1 fully saturated rings. The molecule has 96 valence electrons. The Morgan fingerprint density at radius 2 is 2.12 bits per heavy atom. The highest BCUT2D eigenvalue weighted by molar-refractivity contribution is 5.00. The number of nitrogens with one attached hydrogen (secondary N) is 1. The molecule has 1 heterocycles. The van der Waals surface area contributed by atoms with Crippen molar-refractivity contribution in [2.24, 2.45) is 0 Å². The first-order chi connectivity index (χ1) is 8.23. The molecule has 1 aliphatic rings. The number of aromatic nitrogens is 2. The molecule has 0 saturated heterocycles. The minimum Gasteiger partial charge on any atom is -0.333 e. The number of imidazole rings is 1. The third kappa shape index (κ3) is 3.32. The van der Waals surface area contributed by atoms with E-state index in [2.05, 4.69) is 28.7 Å². The van der Waals surface area contributed by atoms with Crippen LogP contribution in [0, 0.1) is 0 Å². The molecule has 1 N–H and O–H groups in total. The summed E-state index contributed by atoms with van der Waals surface area (Å²) in [6.07, 6.45) is 11.9. The monoisotopic (exact) mass is 235 g/mol. The summed E-state index contributed by atoms with van der Waals surface area (Å²) in [6, 6.07) is 0. The summed E-state index contributed by atoms with van der Waals surface area (Å²) < 4.78 is 2.26. The number of nitrogens with zero attached hydrogens (tertiary/aromatic N) is 2. The number of rotatable bonds is 5. The van der Waals surface area contributed by atoms with Gasteiger partial charge in [0.1, 0.15) is 0 Å². The zero-order chi connectivity index (χ0) is 12.1. The molecular weight excluding hydrogens is 210 g/mol. The van der Waals surface area contributed by atoms with E-state index in [0.29, 0.717) is 5.54 Å². The van der Waals surface area contributed by atoms with E-state index in [1.165, 1.54) is 44.2 Å². The minimum atomic E-state index is 0.347. The third-order valence-corrected chi connectivity index (χ3v) is 3.92. The van der Waals surface area contributed by atoms with Crippen molar-refractivity contribution in [3.05, 3.63) is 18.2 Å². The van der Waals surface area contributed by atoms with Crippen LogP contribution in [0.4, 0.5) is 0 Å². The molecule has 0 aromatic carbocycles. The van der Waals surface area contributed by atoms with E-state index in [9.17, 15) is 0 Å². The summed E-state index contributed by atoms with van der Waals surface area (Å²) in [4.78, 5) is 4.25. The van der Waals surface area contributed by atoms with Gasteiger partial charge in [0, 0.05) is 24.8 Å². The van der Waals surface area contributed by atoms with Crippen molar-refractivity contribution in [2.45, 2.75) is 71.0 Å². The molecule has 0 unspecified atom stereocenters. The summed E-state index contributed by atoms with van der Waals surface area (Å²) in [5.74, 6) is 0. The Bertz CT molecular complexity index is 337. The molecule has 0 spiro atoms. The van der Waals surface area contributed by atoms with Crippen LogP contribution >= 0.6 is 0 Å². The molecule has 0 amide bonds. The highest BCUT2D eigenvalue weighted by Gasteiger charge is 2.25. The van der Waals surface area contributed by atoms with Crippen LogP contribution in [0.5, 0.6) is 0 Å². The summed E-state index contributed by atoms with van der Waals surface area (Å²) in [5, 5.41) is 3.74. The van der Waals surface area contributed by atoms with Gasteiger partial charge in [-0.05, 0) is 26.2 Å². The zero-order valence-electron chi connectivity index (χ0n) is 11.2. The molecule has 1 aromatic rings. The van der Waals surface area contributed by atoms with E-state index in [4.69, 9.17) is 0 Å². The van der Waals surface area contributed by atoms with E-state index < -0.39 is 0 Å². The van der Waals surface area contributed by atoms with Crippen molar-refractivity contribution >= 4 is 0 Å². The predicted octanol–water partition coefficient (Wildman–Crippen LogP) is 3.11. The average molecular weight is 235 g/mol. The molecule has 0 radical (unpaired) electrons. The second kappa shape index (κ2) is 5.67. The van der Waals surface area contributed by atoms with Crippen LogP contribution in [0.25, 0.3) is 0 Å². The van der Waals surface area contributed by atoms with Crippen molar-refractivity contribution in [1.82, 2.24) is 14.9 Å². The van der Waals surface area contributed by atoms with E-state index >= 15 is 0 Å². The van der Waals surface area contributed by atoms with Gasteiger partial charge in [-0.2, -0.15) is 0 Å². The van der Waals surface area contributed by atoms with Crippen molar-refractivity contribution in [3.63, 3.8) is 0 Å². The molecule has 17 heavy (non-hydrogen) atoms. The SMILES string of the molecule is CCCn1cncc1CNC1(C)CCCCC1. The van der Waals surface area contributed by atoms with Crippen LogP contribution < -0.4 is 5.32 Å². The number of aryl methyl sites for hydroxylation is 1. The highest BCUT2D eigenvalue weighted by Crippen LogP contribution is 2.27.